The molecule has 0 spiro atoms. The number of hydrogen-bond acceptors (Lipinski definition) is 1. The molecule has 5 rings (SSSR count). The monoisotopic (exact) mass is 375 g/mol. The largest absolute Gasteiger partial charge is 0.264 e. The summed E-state index contributed by atoms with van der Waals surface area (Å²) in [6, 6.07) is 26.3. The third kappa shape index (κ3) is 2.98. The molecule has 0 aliphatic rings. The first kappa shape index (κ1) is 17.6. The molecule has 0 fully saturated rings. The second-order valence-corrected chi connectivity index (χ2v) is 7.75. The molecule has 0 aliphatic heterocycles. The van der Waals surface area contributed by atoms with Gasteiger partial charge in [0.2, 0.25) is 5.69 Å². The van der Waals surface area contributed by atoms with Gasteiger partial charge in [-0.05, 0) is 58.5 Å². The molecule has 0 atom stereocenters. The molecule has 0 saturated heterocycles. The van der Waals surface area contributed by atoms with E-state index in [9.17, 15) is 0 Å². The summed E-state index contributed by atoms with van der Waals surface area (Å²) in [7, 11) is 2.16. The summed E-state index contributed by atoms with van der Waals surface area (Å²) in [5.74, 6) is 0. The number of benzene rings is 3. The van der Waals surface area contributed by atoms with Gasteiger partial charge in [-0.15, -0.1) is 0 Å². The van der Waals surface area contributed by atoms with Gasteiger partial charge in [0.15, 0.2) is 5.69 Å². The molecule has 29 heavy (non-hydrogen) atoms. The molecule has 2 nitrogen and oxygen atoms in total. The normalized spacial score (nSPS) is 11.3. The van der Waals surface area contributed by atoms with Crippen molar-refractivity contribution in [2.75, 3.05) is 0 Å². The predicted molar refractivity (Wildman–Crippen MR) is 121 cm³/mol. The van der Waals surface area contributed by atoms with Gasteiger partial charge in [0, 0.05) is 30.9 Å². The lowest BCUT2D eigenvalue weighted by atomic mass is 9.94. The molecule has 3 aromatic carbocycles. The van der Waals surface area contributed by atoms with Crippen LogP contribution in [0.4, 0.5) is 0 Å². The van der Waals surface area contributed by atoms with Crippen LogP contribution in [0.2, 0.25) is 0 Å². The minimum atomic E-state index is 1.14. The highest BCUT2D eigenvalue weighted by molar-refractivity contribution is 5.98. The van der Waals surface area contributed by atoms with Crippen LogP contribution in [-0.2, 0) is 7.05 Å². The van der Waals surface area contributed by atoms with E-state index in [1.807, 2.05) is 18.5 Å². The van der Waals surface area contributed by atoms with Crippen LogP contribution in [0.15, 0.2) is 85.2 Å². The standard InChI is InChI=1S/C27H23N2/c1-18-13-20-7-4-5-8-21(20)16-26(18)27-25-11-10-22(23-9-6-12-28-17-23)15-24(25)14-19(2)29(27)3/h4-17H,1-3H3/q+1. The molecule has 140 valence electrons. The predicted octanol–water partition coefficient (Wildman–Crippen LogP) is 6.16. The molecule has 0 N–H and O–H groups in total. The van der Waals surface area contributed by atoms with Gasteiger partial charge >= 0.3 is 0 Å². The molecule has 0 radical (unpaired) electrons. The van der Waals surface area contributed by atoms with E-state index >= 15 is 0 Å². The fraction of sp³-hybridized carbons (Fsp3) is 0.111. The number of fused-ring (bicyclic) bond motifs is 2. The number of nitrogens with zero attached hydrogens (tertiary/aromatic N) is 2. The molecule has 0 saturated carbocycles. The summed E-state index contributed by atoms with van der Waals surface area (Å²) >= 11 is 0. The highest BCUT2D eigenvalue weighted by atomic mass is 14.9. The summed E-state index contributed by atoms with van der Waals surface area (Å²) < 4.78 is 2.31. The van der Waals surface area contributed by atoms with Crippen LogP contribution in [0.3, 0.4) is 0 Å². The molecule has 2 heterocycles. The minimum absolute atomic E-state index is 1.14. The van der Waals surface area contributed by atoms with Crippen LogP contribution in [0, 0.1) is 13.8 Å². The van der Waals surface area contributed by atoms with Crippen molar-refractivity contribution in [2.24, 2.45) is 7.05 Å². The zero-order valence-electron chi connectivity index (χ0n) is 17.0. The van der Waals surface area contributed by atoms with E-state index in [1.54, 1.807) is 0 Å². The molecular formula is C27H23N2+. The molecule has 0 aliphatic carbocycles. The zero-order chi connectivity index (χ0) is 20.0. The van der Waals surface area contributed by atoms with Crippen LogP contribution in [0.5, 0.6) is 0 Å². The topological polar surface area (TPSA) is 16.8 Å². The first-order valence-electron chi connectivity index (χ1n) is 9.95. The van der Waals surface area contributed by atoms with Crippen molar-refractivity contribution in [3.05, 3.63) is 96.4 Å². The zero-order valence-corrected chi connectivity index (χ0v) is 17.0. The molecule has 0 bridgehead atoms. The van der Waals surface area contributed by atoms with E-state index < -0.39 is 0 Å². The highest BCUT2D eigenvalue weighted by Crippen LogP contribution is 2.33. The fourth-order valence-corrected chi connectivity index (χ4v) is 4.22. The number of aryl methyl sites for hydroxylation is 2. The summed E-state index contributed by atoms with van der Waals surface area (Å²) in [6.07, 6.45) is 3.74. The van der Waals surface area contributed by atoms with Gasteiger partial charge in [0.25, 0.3) is 0 Å². The van der Waals surface area contributed by atoms with Crippen LogP contribution in [0.1, 0.15) is 11.3 Å². The van der Waals surface area contributed by atoms with Gasteiger partial charge in [-0.3, -0.25) is 4.98 Å². The summed E-state index contributed by atoms with van der Waals surface area (Å²) in [6.45, 7) is 4.38. The second-order valence-electron chi connectivity index (χ2n) is 7.75. The maximum absolute atomic E-state index is 4.27. The Morgan fingerprint density at radius 3 is 2.28 bits per heavy atom. The lowest BCUT2D eigenvalue weighted by Crippen LogP contribution is -2.35. The van der Waals surface area contributed by atoms with Crippen LogP contribution < -0.4 is 4.57 Å². The van der Waals surface area contributed by atoms with Crippen LogP contribution >= 0.6 is 0 Å². The number of rotatable bonds is 2. The molecular weight excluding hydrogens is 352 g/mol. The van der Waals surface area contributed by atoms with E-state index in [4.69, 9.17) is 0 Å². The Balaban J connectivity index is 1.80. The maximum Gasteiger partial charge on any atom is 0.220 e. The van der Waals surface area contributed by atoms with Crippen molar-refractivity contribution >= 4 is 21.5 Å². The van der Waals surface area contributed by atoms with Crippen molar-refractivity contribution < 1.29 is 4.57 Å². The second kappa shape index (κ2) is 6.82. The van der Waals surface area contributed by atoms with Gasteiger partial charge in [0.1, 0.15) is 7.05 Å². The fourth-order valence-electron chi connectivity index (χ4n) is 4.22. The minimum Gasteiger partial charge on any atom is -0.264 e. The van der Waals surface area contributed by atoms with Gasteiger partial charge < -0.3 is 0 Å². The van der Waals surface area contributed by atoms with Crippen molar-refractivity contribution in [1.29, 1.82) is 0 Å². The van der Waals surface area contributed by atoms with Gasteiger partial charge in [-0.25, -0.2) is 0 Å². The Hall–Kier alpha value is -3.52. The van der Waals surface area contributed by atoms with E-state index in [1.165, 1.54) is 49.6 Å². The molecule has 5 aromatic rings. The van der Waals surface area contributed by atoms with E-state index in [0.29, 0.717) is 0 Å². The number of aromatic nitrogens is 2. The molecule has 0 unspecified atom stereocenters. The quantitative estimate of drug-likeness (QED) is 0.338. The van der Waals surface area contributed by atoms with Crippen LogP contribution in [-0.4, -0.2) is 4.98 Å². The Morgan fingerprint density at radius 1 is 0.724 bits per heavy atom. The Labute approximate surface area is 171 Å². The van der Waals surface area contributed by atoms with E-state index in [2.05, 4.69) is 97.2 Å². The van der Waals surface area contributed by atoms with Gasteiger partial charge in [-0.2, -0.15) is 4.57 Å². The van der Waals surface area contributed by atoms with Gasteiger partial charge in [-0.1, -0.05) is 42.5 Å². The first-order valence-corrected chi connectivity index (χ1v) is 9.95. The SMILES string of the molecule is Cc1cc2ccccc2cc1-c1c2ccc(-c3cccnc3)cc2cc(C)[n+]1C. The third-order valence-corrected chi connectivity index (χ3v) is 5.88. The molecule has 0 amide bonds. The maximum atomic E-state index is 4.27. The highest BCUT2D eigenvalue weighted by Gasteiger charge is 2.20. The number of hydrogen-bond donors (Lipinski definition) is 0. The van der Waals surface area contributed by atoms with E-state index in [-0.39, 0.29) is 0 Å². The lowest BCUT2D eigenvalue weighted by Gasteiger charge is -2.12. The first-order chi connectivity index (χ1) is 14.1. The van der Waals surface area contributed by atoms with Gasteiger partial charge in [0.05, 0.1) is 10.9 Å². The summed E-state index contributed by atoms with van der Waals surface area (Å²) in [5, 5.41) is 5.08. The Bertz CT molecular complexity index is 1370. The average molecular weight is 375 g/mol. The average Bonchev–Trinajstić information content (AvgIpc) is 2.75. The summed E-state index contributed by atoms with van der Waals surface area (Å²) in [5.41, 5.74) is 7.42. The van der Waals surface area contributed by atoms with Crippen molar-refractivity contribution in [2.45, 2.75) is 13.8 Å². The third-order valence-electron chi connectivity index (χ3n) is 5.88. The van der Waals surface area contributed by atoms with Crippen molar-refractivity contribution in [3.63, 3.8) is 0 Å². The smallest absolute Gasteiger partial charge is 0.220 e. The summed E-state index contributed by atoms with van der Waals surface area (Å²) in [4.78, 5) is 4.27. The van der Waals surface area contributed by atoms with Crippen molar-refractivity contribution in [1.82, 2.24) is 4.98 Å². The van der Waals surface area contributed by atoms with Crippen LogP contribution in [0.25, 0.3) is 43.9 Å². The molecule has 2 aromatic heterocycles. The molecule has 2 heteroatoms. The Kier molecular flexibility index (Phi) is 4.13. The van der Waals surface area contributed by atoms with E-state index in [0.717, 1.165) is 5.56 Å². The Morgan fingerprint density at radius 2 is 1.52 bits per heavy atom. The lowest BCUT2D eigenvalue weighted by molar-refractivity contribution is -0.665. The number of pyridine rings is 2. The van der Waals surface area contributed by atoms with Crippen molar-refractivity contribution in [3.8, 4) is 22.4 Å².